The number of hydrogen-bond donors (Lipinski definition) is 0. The van der Waals surface area contributed by atoms with Crippen molar-refractivity contribution in [2.75, 3.05) is 0 Å². The first-order chi connectivity index (χ1) is 29.7. The summed E-state index contributed by atoms with van der Waals surface area (Å²) >= 11 is 0. The van der Waals surface area contributed by atoms with Crippen LogP contribution < -0.4 is 0 Å². The summed E-state index contributed by atoms with van der Waals surface area (Å²) < 4.78 is 0. The van der Waals surface area contributed by atoms with Gasteiger partial charge in [-0.25, -0.2) is 0 Å². The Morgan fingerprint density at radius 3 is 1.02 bits per heavy atom. The van der Waals surface area contributed by atoms with E-state index in [9.17, 15) is 0 Å². The van der Waals surface area contributed by atoms with Crippen molar-refractivity contribution < 1.29 is 0 Å². The molecule has 0 aliphatic rings. The van der Waals surface area contributed by atoms with E-state index in [1.807, 2.05) is 0 Å². The summed E-state index contributed by atoms with van der Waals surface area (Å²) in [6.45, 7) is 0. The van der Waals surface area contributed by atoms with Crippen LogP contribution in [0.25, 0.3) is 120 Å². The van der Waals surface area contributed by atoms with Gasteiger partial charge in [0.25, 0.3) is 0 Å². The molecule has 0 fully saturated rings. The minimum absolute atomic E-state index is 1.21. The lowest BCUT2D eigenvalue weighted by Gasteiger charge is -2.19. The minimum atomic E-state index is 1.21. The molecule has 12 aromatic rings. The molecule has 0 saturated heterocycles. The quantitative estimate of drug-likeness (QED) is 0.121. The first-order valence-corrected chi connectivity index (χ1v) is 20.8. The zero-order valence-corrected chi connectivity index (χ0v) is 32.9. The third kappa shape index (κ3) is 5.61. The summed E-state index contributed by atoms with van der Waals surface area (Å²) in [7, 11) is 0. The fourth-order valence-corrected chi connectivity index (χ4v) is 9.76. The van der Waals surface area contributed by atoms with Gasteiger partial charge in [0.05, 0.1) is 0 Å². The van der Waals surface area contributed by atoms with E-state index >= 15 is 0 Å². The van der Waals surface area contributed by atoms with Crippen LogP contribution >= 0.6 is 0 Å². The van der Waals surface area contributed by atoms with E-state index in [4.69, 9.17) is 0 Å². The second kappa shape index (κ2) is 13.9. The van der Waals surface area contributed by atoms with E-state index in [0.717, 1.165) is 0 Å². The van der Waals surface area contributed by atoms with Gasteiger partial charge in [0, 0.05) is 0 Å². The second-order valence-electron chi connectivity index (χ2n) is 16.0. The molecule has 0 heteroatoms. The van der Waals surface area contributed by atoms with Gasteiger partial charge >= 0.3 is 0 Å². The van der Waals surface area contributed by atoms with Crippen LogP contribution in [0.2, 0.25) is 0 Å². The monoisotopic (exact) mass is 758 g/mol. The summed E-state index contributed by atoms with van der Waals surface area (Å²) in [6, 6.07) is 85.1. The Kier molecular flexibility index (Phi) is 7.96. The Hall–Kier alpha value is -7.80. The van der Waals surface area contributed by atoms with Crippen molar-refractivity contribution in [1.29, 1.82) is 0 Å². The van der Waals surface area contributed by atoms with Crippen LogP contribution in [0.3, 0.4) is 0 Å². The van der Waals surface area contributed by atoms with Gasteiger partial charge in [-0.2, -0.15) is 0 Å². The smallest absolute Gasteiger partial charge is 0.00261 e. The van der Waals surface area contributed by atoms with Crippen molar-refractivity contribution in [2.45, 2.75) is 0 Å². The van der Waals surface area contributed by atoms with Gasteiger partial charge in [0.2, 0.25) is 0 Å². The van der Waals surface area contributed by atoms with Gasteiger partial charge in [-0.1, -0.05) is 206 Å². The maximum Gasteiger partial charge on any atom is -0.00261 e. The van der Waals surface area contributed by atoms with Crippen molar-refractivity contribution in [2.24, 2.45) is 0 Å². The highest BCUT2D eigenvalue weighted by Crippen LogP contribution is 2.46. The zero-order chi connectivity index (χ0) is 39.6. The third-order valence-corrected chi connectivity index (χ3v) is 12.6. The summed E-state index contributed by atoms with van der Waals surface area (Å²) in [6.07, 6.45) is 0. The van der Waals surface area contributed by atoms with E-state index in [2.05, 4.69) is 231 Å². The summed E-state index contributed by atoms with van der Waals surface area (Å²) in [5.41, 5.74) is 12.3. The molecule has 0 aliphatic carbocycles. The molecule has 0 unspecified atom stereocenters. The van der Waals surface area contributed by atoms with Gasteiger partial charge in [-0.15, -0.1) is 0 Å². The van der Waals surface area contributed by atoms with E-state index in [1.54, 1.807) is 0 Å². The van der Waals surface area contributed by atoms with Gasteiger partial charge in [-0.05, 0) is 145 Å². The molecule has 12 rings (SSSR count). The highest BCUT2D eigenvalue weighted by atomic mass is 14.2. The molecule has 0 amide bonds. The highest BCUT2D eigenvalue weighted by molar-refractivity contribution is 6.27. The Morgan fingerprint density at radius 2 is 0.483 bits per heavy atom. The number of fused-ring (bicyclic) bond motifs is 9. The van der Waals surface area contributed by atoms with Crippen LogP contribution in [0.1, 0.15) is 0 Å². The molecular weight excluding hydrogens is 721 g/mol. The molecule has 0 N–H and O–H groups in total. The summed E-state index contributed by atoms with van der Waals surface area (Å²) in [5.74, 6) is 0. The largest absolute Gasteiger partial charge is 0.0622 e. The molecule has 0 aliphatic heterocycles. The molecule has 0 aromatic heterocycles. The summed E-state index contributed by atoms with van der Waals surface area (Å²) in [5, 5.41) is 15.3. The lowest BCUT2D eigenvalue weighted by molar-refractivity contribution is 1.58. The SMILES string of the molecule is c1ccc(-c2cccc(-c3ccc(-c4ccc5ccc(-c6c7ccccc7c(-c7ccc8c9ccccc9c9ccccc9c8c7)c7ccccc67)cc5c4)cc3)c2)cc1. The fourth-order valence-electron chi connectivity index (χ4n) is 9.76. The van der Waals surface area contributed by atoms with Crippen molar-refractivity contribution >= 4 is 64.6 Å². The third-order valence-electron chi connectivity index (χ3n) is 12.6. The molecule has 60 heavy (non-hydrogen) atoms. The fraction of sp³-hybridized carbons (Fsp3) is 0. The van der Waals surface area contributed by atoms with Crippen LogP contribution in [0.4, 0.5) is 0 Å². The molecule has 0 saturated carbocycles. The first-order valence-electron chi connectivity index (χ1n) is 20.8. The molecule has 0 bridgehead atoms. The van der Waals surface area contributed by atoms with E-state index in [0.29, 0.717) is 0 Å². The zero-order valence-electron chi connectivity index (χ0n) is 32.9. The van der Waals surface area contributed by atoms with E-state index in [1.165, 1.54) is 120 Å². The Labute approximate surface area is 349 Å². The average Bonchev–Trinajstić information content (AvgIpc) is 3.33. The van der Waals surface area contributed by atoms with Crippen LogP contribution in [-0.2, 0) is 0 Å². The summed E-state index contributed by atoms with van der Waals surface area (Å²) in [4.78, 5) is 0. The van der Waals surface area contributed by atoms with Crippen molar-refractivity contribution in [3.05, 3.63) is 231 Å². The van der Waals surface area contributed by atoms with Gasteiger partial charge in [0.15, 0.2) is 0 Å². The highest BCUT2D eigenvalue weighted by Gasteiger charge is 2.18. The molecule has 0 heterocycles. The Bertz CT molecular complexity index is 3540. The Balaban J connectivity index is 0.976. The standard InChI is InChI=1S/C60H38/c1-2-13-39(14-3-1)43-15-12-16-44(35-43)40-25-27-41(28-26-40)45-31-29-42-30-32-46(37-48(42)36-45)59-54-21-8-10-23-56(54)60(57-24-11-9-22-55(57)59)47-33-34-53-51-19-5-4-17-49(51)50-18-6-7-20-52(50)58(53)38-47/h1-38H. The predicted molar refractivity (Wildman–Crippen MR) is 259 cm³/mol. The molecular formula is C60H38. The molecule has 0 nitrogen and oxygen atoms in total. The molecule has 278 valence electrons. The Morgan fingerprint density at radius 1 is 0.150 bits per heavy atom. The molecule has 0 radical (unpaired) electrons. The maximum absolute atomic E-state index is 2.43. The maximum atomic E-state index is 2.43. The van der Waals surface area contributed by atoms with Gasteiger partial charge in [0.1, 0.15) is 0 Å². The first kappa shape index (κ1) is 34.3. The lowest BCUT2D eigenvalue weighted by Crippen LogP contribution is -1.91. The number of benzene rings is 12. The molecule has 0 spiro atoms. The second-order valence-corrected chi connectivity index (χ2v) is 16.0. The van der Waals surface area contributed by atoms with Crippen LogP contribution in [0.15, 0.2) is 231 Å². The van der Waals surface area contributed by atoms with Crippen molar-refractivity contribution in [3.8, 4) is 55.6 Å². The lowest BCUT2D eigenvalue weighted by atomic mass is 9.84. The van der Waals surface area contributed by atoms with Gasteiger partial charge in [-0.3, -0.25) is 0 Å². The van der Waals surface area contributed by atoms with Crippen molar-refractivity contribution in [1.82, 2.24) is 0 Å². The van der Waals surface area contributed by atoms with E-state index in [-0.39, 0.29) is 0 Å². The number of hydrogen-bond acceptors (Lipinski definition) is 0. The average molecular weight is 759 g/mol. The van der Waals surface area contributed by atoms with Crippen LogP contribution in [0, 0.1) is 0 Å². The topological polar surface area (TPSA) is 0 Å². The van der Waals surface area contributed by atoms with Gasteiger partial charge < -0.3 is 0 Å². The van der Waals surface area contributed by atoms with Crippen LogP contribution in [-0.4, -0.2) is 0 Å². The molecule has 12 aromatic carbocycles. The predicted octanol–water partition coefficient (Wildman–Crippen LogP) is 16.9. The molecule has 0 atom stereocenters. The van der Waals surface area contributed by atoms with Crippen molar-refractivity contribution in [3.63, 3.8) is 0 Å². The normalized spacial score (nSPS) is 11.7. The minimum Gasteiger partial charge on any atom is -0.0622 e. The van der Waals surface area contributed by atoms with E-state index < -0.39 is 0 Å². The van der Waals surface area contributed by atoms with Crippen LogP contribution in [0.5, 0.6) is 0 Å². The number of rotatable bonds is 5.